The first-order chi connectivity index (χ1) is 6.33. The van der Waals surface area contributed by atoms with Gasteiger partial charge in [-0.3, -0.25) is 0 Å². The summed E-state index contributed by atoms with van der Waals surface area (Å²) < 4.78 is 5.09. The van der Waals surface area contributed by atoms with Crippen molar-refractivity contribution < 1.29 is 4.74 Å². The van der Waals surface area contributed by atoms with Gasteiger partial charge in [0.2, 0.25) is 0 Å². The van der Waals surface area contributed by atoms with Gasteiger partial charge in [0.05, 0.1) is 6.10 Å². The first-order valence-electron chi connectivity index (χ1n) is 4.30. The summed E-state index contributed by atoms with van der Waals surface area (Å²) >= 11 is 0. The van der Waals surface area contributed by atoms with Crippen molar-refractivity contribution in [3.05, 3.63) is 24.3 Å². The van der Waals surface area contributed by atoms with Crippen molar-refractivity contribution in [2.75, 3.05) is 13.7 Å². The molecule has 0 amide bonds. The molecule has 1 atom stereocenters. The minimum absolute atomic E-state index is 0.240. The fourth-order valence-electron chi connectivity index (χ4n) is 0.924. The maximum absolute atomic E-state index is 5.09. The second kappa shape index (κ2) is 5.61. The average molecular weight is 181 g/mol. The Morgan fingerprint density at radius 1 is 1.46 bits per heavy atom. The van der Waals surface area contributed by atoms with Gasteiger partial charge in [0.15, 0.2) is 0 Å². The van der Waals surface area contributed by atoms with E-state index >= 15 is 0 Å². The molecule has 0 saturated heterocycles. The molecule has 1 heterocycles. The summed E-state index contributed by atoms with van der Waals surface area (Å²) in [7, 11) is 1.71. The third kappa shape index (κ3) is 3.96. The van der Waals surface area contributed by atoms with Crippen LogP contribution < -0.4 is 5.32 Å². The van der Waals surface area contributed by atoms with Crippen LogP contribution in [0.1, 0.15) is 12.5 Å². The van der Waals surface area contributed by atoms with Crippen molar-refractivity contribution in [3.63, 3.8) is 0 Å². The van der Waals surface area contributed by atoms with Crippen molar-refractivity contribution in [2.24, 2.45) is 0 Å². The molecule has 72 valence electrons. The van der Waals surface area contributed by atoms with E-state index < -0.39 is 0 Å². The van der Waals surface area contributed by atoms with Gasteiger partial charge in [-0.05, 0) is 6.92 Å². The predicted molar refractivity (Wildman–Crippen MR) is 50.2 cm³/mol. The van der Waals surface area contributed by atoms with Crippen molar-refractivity contribution in [1.82, 2.24) is 15.3 Å². The Morgan fingerprint density at radius 3 is 2.77 bits per heavy atom. The third-order valence-electron chi connectivity index (χ3n) is 1.78. The molecule has 0 fully saturated rings. The zero-order valence-corrected chi connectivity index (χ0v) is 8.03. The van der Waals surface area contributed by atoms with Crippen LogP contribution in [0.4, 0.5) is 0 Å². The molecule has 0 spiro atoms. The van der Waals surface area contributed by atoms with Gasteiger partial charge in [-0.1, -0.05) is 0 Å². The summed E-state index contributed by atoms with van der Waals surface area (Å²) in [6.07, 6.45) is 5.38. The molecule has 1 aromatic rings. The van der Waals surface area contributed by atoms with Crippen molar-refractivity contribution in [3.8, 4) is 0 Å². The van der Waals surface area contributed by atoms with E-state index in [9.17, 15) is 0 Å². The molecule has 0 aliphatic carbocycles. The molecule has 0 aliphatic heterocycles. The fourth-order valence-corrected chi connectivity index (χ4v) is 0.924. The molecule has 1 unspecified atom stereocenters. The summed E-state index contributed by atoms with van der Waals surface area (Å²) in [6, 6.07) is 0. The van der Waals surface area contributed by atoms with Gasteiger partial charge in [-0.25, -0.2) is 9.97 Å². The normalized spacial score (nSPS) is 12.8. The van der Waals surface area contributed by atoms with Crippen LogP contribution in [0.5, 0.6) is 0 Å². The predicted octanol–water partition coefficient (Wildman–Crippen LogP) is 0.601. The Balaban J connectivity index is 2.20. The van der Waals surface area contributed by atoms with Crippen molar-refractivity contribution in [2.45, 2.75) is 19.6 Å². The van der Waals surface area contributed by atoms with E-state index in [0.717, 1.165) is 18.7 Å². The molecule has 0 saturated carbocycles. The van der Waals surface area contributed by atoms with E-state index in [1.54, 1.807) is 19.5 Å². The zero-order valence-electron chi connectivity index (χ0n) is 8.03. The number of nitrogens with zero attached hydrogens (tertiary/aromatic N) is 2. The van der Waals surface area contributed by atoms with Crippen LogP contribution in [0.15, 0.2) is 18.7 Å². The summed E-state index contributed by atoms with van der Waals surface area (Å²) in [6.45, 7) is 3.65. The summed E-state index contributed by atoms with van der Waals surface area (Å²) in [5.74, 6) is 0. The Hall–Kier alpha value is -1.00. The SMILES string of the molecule is COC(C)CNCc1cncnc1. The van der Waals surface area contributed by atoms with Gasteiger partial charge >= 0.3 is 0 Å². The summed E-state index contributed by atoms with van der Waals surface area (Å²) in [4.78, 5) is 7.84. The molecule has 0 aliphatic rings. The maximum atomic E-state index is 5.09. The highest BCUT2D eigenvalue weighted by Gasteiger charge is 1.97. The van der Waals surface area contributed by atoms with E-state index in [1.807, 2.05) is 6.92 Å². The summed E-state index contributed by atoms with van der Waals surface area (Å²) in [5.41, 5.74) is 1.09. The maximum Gasteiger partial charge on any atom is 0.115 e. The second-order valence-electron chi connectivity index (χ2n) is 2.92. The number of nitrogens with one attached hydrogen (secondary N) is 1. The molecular weight excluding hydrogens is 166 g/mol. The second-order valence-corrected chi connectivity index (χ2v) is 2.92. The fraction of sp³-hybridized carbons (Fsp3) is 0.556. The van der Waals surface area contributed by atoms with Crippen molar-refractivity contribution in [1.29, 1.82) is 0 Å². The number of hydrogen-bond donors (Lipinski definition) is 1. The molecule has 0 bridgehead atoms. The highest BCUT2D eigenvalue weighted by molar-refractivity contribution is 5.01. The van der Waals surface area contributed by atoms with Gasteiger partial charge < -0.3 is 10.1 Å². The van der Waals surface area contributed by atoms with E-state index in [0.29, 0.717) is 0 Å². The Bertz CT molecular complexity index is 228. The number of ether oxygens (including phenoxy) is 1. The smallest absolute Gasteiger partial charge is 0.115 e. The van der Waals surface area contributed by atoms with Crippen LogP contribution in [0.3, 0.4) is 0 Å². The molecule has 13 heavy (non-hydrogen) atoms. The molecule has 4 nitrogen and oxygen atoms in total. The zero-order chi connectivity index (χ0) is 9.52. The molecular formula is C9H15N3O. The van der Waals surface area contributed by atoms with Crippen LogP contribution in [0.2, 0.25) is 0 Å². The first kappa shape index (κ1) is 10.1. The number of rotatable bonds is 5. The van der Waals surface area contributed by atoms with E-state index in [4.69, 9.17) is 4.74 Å². The van der Waals surface area contributed by atoms with E-state index in [-0.39, 0.29) is 6.10 Å². The highest BCUT2D eigenvalue weighted by Crippen LogP contribution is 1.92. The topological polar surface area (TPSA) is 47.0 Å². The molecule has 0 aromatic carbocycles. The minimum atomic E-state index is 0.240. The van der Waals surface area contributed by atoms with E-state index in [2.05, 4.69) is 15.3 Å². The van der Waals surface area contributed by atoms with Gasteiger partial charge in [0, 0.05) is 38.2 Å². The third-order valence-corrected chi connectivity index (χ3v) is 1.78. The van der Waals surface area contributed by atoms with Crippen LogP contribution in [-0.2, 0) is 11.3 Å². The lowest BCUT2D eigenvalue weighted by atomic mass is 10.3. The summed E-state index contributed by atoms with van der Waals surface area (Å²) in [5, 5.41) is 3.25. The number of methoxy groups -OCH3 is 1. The van der Waals surface area contributed by atoms with Crippen LogP contribution >= 0.6 is 0 Å². The first-order valence-corrected chi connectivity index (χ1v) is 4.30. The van der Waals surface area contributed by atoms with Crippen LogP contribution in [0.25, 0.3) is 0 Å². The van der Waals surface area contributed by atoms with Crippen LogP contribution in [0, 0.1) is 0 Å². The molecule has 4 heteroatoms. The quantitative estimate of drug-likeness (QED) is 0.722. The Kier molecular flexibility index (Phi) is 4.35. The minimum Gasteiger partial charge on any atom is -0.380 e. The largest absolute Gasteiger partial charge is 0.380 e. The van der Waals surface area contributed by atoms with Gasteiger partial charge in [-0.2, -0.15) is 0 Å². The Morgan fingerprint density at radius 2 is 2.15 bits per heavy atom. The van der Waals surface area contributed by atoms with Crippen LogP contribution in [-0.4, -0.2) is 29.7 Å². The monoisotopic (exact) mass is 181 g/mol. The number of aromatic nitrogens is 2. The van der Waals surface area contributed by atoms with Gasteiger partial charge in [-0.15, -0.1) is 0 Å². The standard InChI is InChI=1S/C9H15N3O/c1-8(13-2)3-10-4-9-5-11-7-12-6-9/h5-8,10H,3-4H2,1-2H3. The van der Waals surface area contributed by atoms with Crippen molar-refractivity contribution >= 4 is 0 Å². The van der Waals surface area contributed by atoms with E-state index in [1.165, 1.54) is 6.33 Å². The number of hydrogen-bond acceptors (Lipinski definition) is 4. The molecule has 0 radical (unpaired) electrons. The lowest BCUT2D eigenvalue weighted by Gasteiger charge is -2.09. The Labute approximate surface area is 78.4 Å². The van der Waals surface area contributed by atoms with Gasteiger partial charge in [0.1, 0.15) is 6.33 Å². The molecule has 1 N–H and O–H groups in total. The lowest BCUT2D eigenvalue weighted by Crippen LogP contribution is -2.25. The lowest BCUT2D eigenvalue weighted by molar-refractivity contribution is 0.117. The highest BCUT2D eigenvalue weighted by atomic mass is 16.5. The van der Waals surface area contributed by atoms with Gasteiger partial charge in [0.25, 0.3) is 0 Å². The molecule has 1 aromatic heterocycles. The molecule has 1 rings (SSSR count). The average Bonchev–Trinajstić information content (AvgIpc) is 2.19.